The van der Waals surface area contributed by atoms with Gasteiger partial charge in [0.25, 0.3) is 5.56 Å². The van der Waals surface area contributed by atoms with Crippen LogP contribution in [0.4, 0.5) is 5.69 Å². The van der Waals surface area contributed by atoms with Crippen LogP contribution in [0.2, 0.25) is 5.02 Å². The molecule has 0 unspecified atom stereocenters. The first kappa shape index (κ1) is 24.2. The zero-order valence-corrected chi connectivity index (χ0v) is 20.8. The number of nitrogens with one attached hydrogen (secondary N) is 1. The van der Waals surface area contributed by atoms with E-state index in [1.807, 2.05) is 53.4 Å². The van der Waals surface area contributed by atoms with Crippen molar-refractivity contribution in [3.05, 3.63) is 80.7 Å². The van der Waals surface area contributed by atoms with Crippen molar-refractivity contribution in [3.63, 3.8) is 0 Å². The fourth-order valence-electron chi connectivity index (χ4n) is 3.99. The van der Waals surface area contributed by atoms with Crippen molar-refractivity contribution < 1.29 is 9.53 Å². The number of anilines is 1. The van der Waals surface area contributed by atoms with Gasteiger partial charge in [-0.3, -0.25) is 9.59 Å². The molecule has 0 saturated carbocycles. The van der Waals surface area contributed by atoms with Gasteiger partial charge in [-0.1, -0.05) is 47.6 Å². The molecule has 9 heteroatoms. The number of methoxy groups -OCH3 is 1. The lowest BCUT2D eigenvalue weighted by Crippen LogP contribution is -2.49. The molecular weight excluding hydrogens is 472 g/mol. The van der Waals surface area contributed by atoms with Crippen LogP contribution in [0.3, 0.4) is 0 Å². The maximum Gasteiger partial charge on any atom is 0.255 e. The van der Waals surface area contributed by atoms with Gasteiger partial charge in [-0.05, 0) is 36.8 Å². The molecule has 7 nitrogen and oxygen atoms in total. The van der Waals surface area contributed by atoms with Crippen LogP contribution in [-0.2, 0) is 17.0 Å². The second-order valence-corrected chi connectivity index (χ2v) is 9.47. The molecule has 178 valence electrons. The van der Waals surface area contributed by atoms with E-state index in [0.29, 0.717) is 53.4 Å². The van der Waals surface area contributed by atoms with Crippen LogP contribution < -0.4 is 15.2 Å². The van der Waals surface area contributed by atoms with E-state index < -0.39 is 0 Å². The summed E-state index contributed by atoms with van der Waals surface area (Å²) in [6.07, 6.45) is 0.0437. The average Bonchev–Trinajstić information content (AvgIpc) is 2.85. The van der Waals surface area contributed by atoms with Crippen LogP contribution in [0.25, 0.3) is 0 Å². The molecule has 1 aromatic heterocycles. The van der Waals surface area contributed by atoms with Crippen LogP contribution in [-0.4, -0.2) is 54.1 Å². The highest BCUT2D eigenvalue weighted by molar-refractivity contribution is 7.98. The average molecular weight is 499 g/mol. The number of nitrogens with zero attached hydrogens (tertiary/aromatic N) is 3. The number of piperazine rings is 1. The number of carbonyl (C=O) groups excluding carboxylic acids is 1. The Balaban J connectivity index is 1.36. The standard InChI is InChI=1S/C25H27ClN4O3S/c1-17-20(24(32)28-25(27-17)34-16-18-6-5-7-19(26)14-18)15-23(31)30-12-10-29(11-13-30)21-8-3-4-9-22(21)33-2/h3-9,14H,10-13,15-16H2,1-2H3,(H,27,28,32). The quantitative estimate of drug-likeness (QED) is 0.393. The second kappa shape index (κ2) is 11.0. The Labute approximate surface area is 208 Å². The molecule has 1 aliphatic rings. The van der Waals surface area contributed by atoms with E-state index in [2.05, 4.69) is 14.9 Å². The van der Waals surface area contributed by atoms with Gasteiger partial charge < -0.3 is 19.5 Å². The van der Waals surface area contributed by atoms with Gasteiger partial charge in [-0.25, -0.2) is 4.98 Å². The van der Waals surface area contributed by atoms with Gasteiger partial charge in [-0.2, -0.15) is 0 Å². The highest BCUT2D eigenvalue weighted by atomic mass is 35.5. The van der Waals surface area contributed by atoms with Crippen molar-refractivity contribution in [1.82, 2.24) is 14.9 Å². The number of hydrogen-bond acceptors (Lipinski definition) is 6. The third-order valence-corrected chi connectivity index (χ3v) is 7.03. The van der Waals surface area contributed by atoms with E-state index in [1.165, 1.54) is 11.8 Å². The van der Waals surface area contributed by atoms with E-state index in [-0.39, 0.29) is 17.9 Å². The van der Waals surface area contributed by atoms with Gasteiger partial charge in [0, 0.05) is 48.2 Å². The largest absolute Gasteiger partial charge is 0.495 e. The smallest absolute Gasteiger partial charge is 0.255 e. The minimum Gasteiger partial charge on any atom is -0.495 e. The summed E-state index contributed by atoms with van der Waals surface area (Å²) in [6.45, 7) is 4.38. The Morgan fingerprint density at radius 2 is 1.91 bits per heavy atom. The lowest BCUT2D eigenvalue weighted by Gasteiger charge is -2.36. The number of hydrogen-bond donors (Lipinski definition) is 1. The van der Waals surface area contributed by atoms with E-state index in [1.54, 1.807) is 14.0 Å². The third-order valence-electron chi connectivity index (χ3n) is 5.85. The fraction of sp³-hybridized carbons (Fsp3) is 0.320. The van der Waals surface area contributed by atoms with Gasteiger partial charge in [-0.15, -0.1) is 0 Å². The summed E-state index contributed by atoms with van der Waals surface area (Å²) in [5.41, 5.74) is 2.81. The lowest BCUT2D eigenvalue weighted by atomic mass is 10.1. The Morgan fingerprint density at radius 1 is 1.15 bits per heavy atom. The topological polar surface area (TPSA) is 78.5 Å². The summed E-state index contributed by atoms with van der Waals surface area (Å²) in [6, 6.07) is 15.5. The molecule has 0 radical (unpaired) electrons. The van der Waals surface area contributed by atoms with Crippen molar-refractivity contribution in [2.24, 2.45) is 0 Å². The van der Waals surface area contributed by atoms with Gasteiger partial charge in [0.05, 0.1) is 19.2 Å². The van der Waals surface area contributed by atoms with Crippen molar-refractivity contribution in [2.75, 3.05) is 38.2 Å². The molecule has 34 heavy (non-hydrogen) atoms. The molecule has 4 rings (SSSR count). The number of H-pyrrole nitrogens is 1. The number of ether oxygens (including phenoxy) is 1. The predicted octanol–water partition coefficient (Wildman–Crippen LogP) is 3.92. The first-order chi connectivity index (χ1) is 16.4. The van der Waals surface area contributed by atoms with Gasteiger partial charge in [0.15, 0.2) is 5.16 Å². The van der Waals surface area contributed by atoms with Crippen LogP contribution in [0.5, 0.6) is 5.75 Å². The van der Waals surface area contributed by atoms with E-state index >= 15 is 0 Å². The maximum absolute atomic E-state index is 13.0. The number of aryl methyl sites for hydroxylation is 1. The minimum absolute atomic E-state index is 0.0437. The van der Waals surface area contributed by atoms with E-state index in [9.17, 15) is 9.59 Å². The molecule has 1 amide bonds. The molecule has 2 heterocycles. The molecule has 0 atom stereocenters. The SMILES string of the molecule is COc1ccccc1N1CCN(C(=O)Cc2c(C)nc(SCc3cccc(Cl)c3)[nH]c2=O)CC1. The van der Waals surface area contributed by atoms with Crippen LogP contribution in [0.1, 0.15) is 16.8 Å². The Kier molecular flexibility index (Phi) is 7.80. The Hall–Kier alpha value is -2.97. The number of halogens is 1. The monoisotopic (exact) mass is 498 g/mol. The predicted molar refractivity (Wildman–Crippen MR) is 136 cm³/mol. The number of aromatic nitrogens is 2. The van der Waals surface area contributed by atoms with Gasteiger partial charge in [0.2, 0.25) is 5.91 Å². The number of benzene rings is 2. The normalized spacial score (nSPS) is 13.7. The highest BCUT2D eigenvalue weighted by Crippen LogP contribution is 2.28. The zero-order chi connectivity index (χ0) is 24.1. The Bertz CT molecular complexity index is 1220. The van der Waals surface area contributed by atoms with E-state index in [4.69, 9.17) is 16.3 Å². The maximum atomic E-state index is 13.0. The number of thioether (sulfide) groups is 1. The summed E-state index contributed by atoms with van der Waals surface area (Å²) >= 11 is 7.47. The highest BCUT2D eigenvalue weighted by Gasteiger charge is 2.24. The fourth-order valence-corrected chi connectivity index (χ4v) is 5.05. The molecule has 2 aromatic carbocycles. The summed E-state index contributed by atoms with van der Waals surface area (Å²) < 4.78 is 5.46. The number of rotatable bonds is 7. The molecule has 3 aromatic rings. The van der Waals surface area contributed by atoms with Crippen LogP contribution >= 0.6 is 23.4 Å². The first-order valence-electron chi connectivity index (χ1n) is 11.1. The summed E-state index contributed by atoms with van der Waals surface area (Å²) in [7, 11) is 1.66. The summed E-state index contributed by atoms with van der Waals surface area (Å²) in [4.78, 5) is 37.1. The lowest BCUT2D eigenvalue weighted by molar-refractivity contribution is -0.130. The third kappa shape index (κ3) is 5.74. The van der Waals surface area contributed by atoms with Gasteiger partial charge in [0.1, 0.15) is 5.75 Å². The van der Waals surface area contributed by atoms with Crippen LogP contribution in [0, 0.1) is 6.92 Å². The van der Waals surface area contributed by atoms with Crippen molar-refractivity contribution in [1.29, 1.82) is 0 Å². The van der Waals surface area contributed by atoms with Crippen molar-refractivity contribution in [2.45, 2.75) is 24.3 Å². The van der Waals surface area contributed by atoms with Crippen molar-refractivity contribution in [3.8, 4) is 5.75 Å². The van der Waals surface area contributed by atoms with Gasteiger partial charge >= 0.3 is 0 Å². The molecule has 0 aliphatic carbocycles. The Morgan fingerprint density at radius 3 is 2.62 bits per heavy atom. The summed E-state index contributed by atoms with van der Waals surface area (Å²) in [5.74, 6) is 1.40. The molecule has 0 spiro atoms. The zero-order valence-electron chi connectivity index (χ0n) is 19.2. The minimum atomic E-state index is -0.262. The molecule has 1 aliphatic heterocycles. The number of para-hydroxylation sites is 2. The molecular formula is C25H27ClN4O3S. The van der Waals surface area contributed by atoms with Crippen molar-refractivity contribution >= 4 is 35.0 Å². The van der Waals surface area contributed by atoms with E-state index in [0.717, 1.165) is 17.0 Å². The second-order valence-electron chi connectivity index (χ2n) is 8.07. The molecule has 0 bridgehead atoms. The number of carbonyl (C=O) groups is 1. The molecule has 1 N–H and O–H groups in total. The first-order valence-corrected chi connectivity index (χ1v) is 12.4. The number of amides is 1. The molecule has 1 saturated heterocycles. The summed E-state index contributed by atoms with van der Waals surface area (Å²) in [5, 5.41) is 1.21. The number of aromatic amines is 1. The van der Waals surface area contributed by atoms with Crippen LogP contribution in [0.15, 0.2) is 58.5 Å². The molecule has 1 fully saturated rings.